The van der Waals surface area contributed by atoms with Gasteiger partial charge in [0.1, 0.15) is 0 Å². The Balaban J connectivity index is 2.10. The molecule has 0 aromatic heterocycles. The third-order valence-corrected chi connectivity index (χ3v) is 3.05. The van der Waals surface area contributed by atoms with Crippen LogP contribution >= 0.6 is 0 Å². The van der Waals surface area contributed by atoms with Gasteiger partial charge in [-0.1, -0.05) is 18.2 Å². The topological polar surface area (TPSA) is 98.2 Å². The Morgan fingerprint density at radius 1 is 1.00 bits per heavy atom. The van der Waals surface area contributed by atoms with Crippen molar-refractivity contribution in [3.63, 3.8) is 0 Å². The van der Waals surface area contributed by atoms with Gasteiger partial charge in [-0.05, 0) is 48.9 Å². The molecule has 0 heterocycles. The SMILES string of the molecule is NCCc1ccc(C(=O)Nc2cccc(C(N)=O)c2)cc1. The smallest absolute Gasteiger partial charge is 0.255 e. The molecule has 0 saturated heterocycles. The van der Waals surface area contributed by atoms with Crippen LogP contribution in [0.1, 0.15) is 26.3 Å². The molecule has 0 bridgehead atoms. The summed E-state index contributed by atoms with van der Waals surface area (Å²) < 4.78 is 0. The van der Waals surface area contributed by atoms with Crippen LogP contribution in [0, 0.1) is 0 Å². The number of hydrogen-bond acceptors (Lipinski definition) is 3. The largest absolute Gasteiger partial charge is 0.366 e. The van der Waals surface area contributed by atoms with Crippen molar-refractivity contribution >= 4 is 17.5 Å². The lowest BCUT2D eigenvalue weighted by Crippen LogP contribution is -2.14. The van der Waals surface area contributed by atoms with Crippen molar-refractivity contribution in [1.29, 1.82) is 0 Å². The molecule has 0 aliphatic rings. The summed E-state index contributed by atoms with van der Waals surface area (Å²) in [6, 6.07) is 13.8. The molecule has 0 fully saturated rings. The van der Waals surface area contributed by atoms with Crippen LogP contribution in [0.5, 0.6) is 0 Å². The zero-order chi connectivity index (χ0) is 15.2. The lowest BCUT2D eigenvalue weighted by Gasteiger charge is -2.07. The number of hydrogen-bond donors (Lipinski definition) is 3. The van der Waals surface area contributed by atoms with Gasteiger partial charge in [0.05, 0.1) is 0 Å². The number of amides is 2. The molecule has 0 aliphatic heterocycles. The fourth-order valence-electron chi connectivity index (χ4n) is 1.94. The third-order valence-electron chi connectivity index (χ3n) is 3.05. The number of carbonyl (C=O) groups is 2. The van der Waals surface area contributed by atoms with Crippen LogP contribution in [0.4, 0.5) is 5.69 Å². The third kappa shape index (κ3) is 3.90. The Hall–Kier alpha value is -2.66. The van der Waals surface area contributed by atoms with Gasteiger partial charge in [0.15, 0.2) is 0 Å². The molecule has 5 N–H and O–H groups in total. The van der Waals surface area contributed by atoms with Gasteiger partial charge < -0.3 is 16.8 Å². The molecule has 0 radical (unpaired) electrons. The monoisotopic (exact) mass is 283 g/mol. The van der Waals surface area contributed by atoms with Gasteiger partial charge in [-0.3, -0.25) is 9.59 Å². The fourth-order valence-corrected chi connectivity index (χ4v) is 1.94. The van der Waals surface area contributed by atoms with Gasteiger partial charge in [-0.15, -0.1) is 0 Å². The summed E-state index contributed by atoms with van der Waals surface area (Å²) in [6.07, 6.45) is 0.780. The molecule has 2 amide bonds. The molecule has 0 atom stereocenters. The van der Waals surface area contributed by atoms with Gasteiger partial charge in [-0.2, -0.15) is 0 Å². The summed E-state index contributed by atoms with van der Waals surface area (Å²) >= 11 is 0. The minimum absolute atomic E-state index is 0.240. The lowest BCUT2D eigenvalue weighted by atomic mass is 10.1. The first-order chi connectivity index (χ1) is 10.1. The fraction of sp³-hybridized carbons (Fsp3) is 0.125. The minimum Gasteiger partial charge on any atom is -0.366 e. The lowest BCUT2D eigenvalue weighted by molar-refractivity contribution is 0.0996. The van der Waals surface area contributed by atoms with E-state index < -0.39 is 5.91 Å². The standard InChI is InChI=1S/C16H17N3O2/c17-9-8-11-4-6-12(7-5-11)16(21)19-14-3-1-2-13(10-14)15(18)20/h1-7,10H,8-9,17H2,(H2,18,20)(H,19,21). The molecule has 5 nitrogen and oxygen atoms in total. The van der Waals surface area contributed by atoms with Crippen LogP contribution in [0.25, 0.3) is 0 Å². The van der Waals surface area contributed by atoms with E-state index in [1.54, 1.807) is 36.4 Å². The summed E-state index contributed by atoms with van der Waals surface area (Å²) in [5, 5.41) is 2.73. The Labute approximate surface area is 123 Å². The van der Waals surface area contributed by atoms with Crippen molar-refractivity contribution in [3.8, 4) is 0 Å². The van der Waals surface area contributed by atoms with Gasteiger partial charge in [0.2, 0.25) is 5.91 Å². The highest BCUT2D eigenvalue weighted by molar-refractivity contribution is 6.05. The number of carbonyl (C=O) groups excluding carboxylic acids is 2. The van der Waals surface area contributed by atoms with Crippen molar-refractivity contribution in [1.82, 2.24) is 0 Å². The second-order valence-corrected chi connectivity index (χ2v) is 4.63. The number of anilines is 1. The normalized spacial score (nSPS) is 10.1. The first kappa shape index (κ1) is 14.7. The van der Waals surface area contributed by atoms with E-state index in [1.165, 1.54) is 0 Å². The van der Waals surface area contributed by atoms with E-state index in [-0.39, 0.29) is 5.91 Å². The van der Waals surface area contributed by atoms with E-state index in [9.17, 15) is 9.59 Å². The maximum atomic E-state index is 12.1. The molecule has 0 spiro atoms. The molecule has 0 unspecified atom stereocenters. The van der Waals surface area contributed by atoms with Crippen LogP contribution < -0.4 is 16.8 Å². The van der Waals surface area contributed by atoms with E-state index in [0.29, 0.717) is 23.4 Å². The quantitative estimate of drug-likeness (QED) is 0.776. The first-order valence-electron chi connectivity index (χ1n) is 6.60. The summed E-state index contributed by atoms with van der Waals surface area (Å²) in [7, 11) is 0. The molecule has 0 aliphatic carbocycles. The highest BCUT2D eigenvalue weighted by Gasteiger charge is 2.07. The minimum atomic E-state index is -0.530. The maximum Gasteiger partial charge on any atom is 0.255 e. The summed E-state index contributed by atoms with van der Waals surface area (Å²) in [5.74, 6) is -0.770. The highest BCUT2D eigenvalue weighted by atomic mass is 16.2. The molecule has 2 aromatic rings. The molecule has 2 aromatic carbocycles. The van der Waals surface area contributed by atoms with Gasteiger partial charge in [0.25, 0.3) is 5.91 Å². The van der Waals surface area contributed by atoms with E-state index >= 15 is 0 Å². The van der Waals surface area contributed by atoms with Crippen LogP contribution in [0.15, 0.2) is 48.5 Å². The number of nitrogens with two attached hydrogens (primary N) is 2. The highest BCUT2D eigenvalue weighted by Crippen LogP contribution is 2.13. The Kier molecular flexibility index (Phi) is 4.68. The Morgan fingerprint density at radius 2 is 1.71 bits per heavy atom. The van der Waals surface area contributed by atoms with Gasteiger partial charge in [-0.25, -0.2) is 0 Å². The van der Waals surface area contributed by atoms with Crippen LogP contribution in [-0.2, 0) is 6.42 Å². The molecule has 0 saturated carbocycles. The first-order valence-corrected chi connectivity index (χ1v) is 6.60. The average Bonchev–Trinajstić information content (AvgIpc) is 2.48. The second kappa shape index (κ2) is 6.67. The molecule has 108 valence electrons. The van der Waals surface area contributed by atoms with Crippen molar-refractivity contribution in [2.24, 2.45) is 11.5 Å². The maximum absolute atomic E-state index is 12.1. The van der Waals surface area contributed by atoms with Gasteiger partial charge in [0, 0.05) is 16.8 Å². The summed E-state index contributed by atoms with van der Waals surface area (Å²) in [4.78, 5) is 23.2. The second-order valence-electron chi connectivity index (χ2n) is 4.63. The van der Waals surface area contributed by atoms with Crippen molar-refractivity contribution in [2.45, 2.75) is 6.42 Å². The van der Waals surface area contributed by atoms with Crippen LogP contribution in [0.2, 0.25) is 0 Å². The van der Waals surface area contributed by atoms with E-state index in [2.05, 4.69) is 5.32 Å². The molecular formula is C16H17N3O2. The Morgan fingerprint density at radius 3 is 2.33 bits per heavy atom. The summed E-state index contributed by atoms with van der Waals surface area (Å²) in [6.45, 7) is 0.575. The molecule has 2 rings (SSSR count). The number of nitrogens with one attached hydrogen (secondary N) is 1. The average molecular weight is 283 g/mol. The molecular weight excluding hydrogens is 266 g/mol. The van der Waals surface area contributed by atoms with E-state index in [0.717, 1.165) is 12.0 Å². The zero-order valence-corrected chi connectivity index (χ0v) is 11.5. The Bertz CT molecular complexity index is 651. The predicted molar refractivity (Wildman–Crippen MR) is 82.1 cm³/mol. The van der Waals surface area contributed by atoms with Crippen LogP contribution in [-0.4, -0.2) is 18.4 Å². The van der Waals surface area contributed by atoms with Gasteiger partial charge >= 0.3 is 0 Å². The van der Waals surface area contributed by atoms with E-state index in [4.69, 9.17) is 11.5 Å². The van der Waals surface area contributed by atoms with E-state index in [1.807, 2.05) is 12.1 Å². The zero-order valence-electron chi connectivity index (χ0n) is 11.5. The molecule has 5 heteroatoms. The van der Waals surface area contributed by atoms with Crippen molar-refractivity contribution in [3.05, 3.63) is 65.2 Å². The number of primary amides is 1. The summed E-state index contributed by atoms with van der Waals surface area (Å²) in [5.41, 5.74) is 13.2. The van der Waals surface area contributed by atoms with Crippen LogP contribution in [0.3, 0.4) is 0 Å². The molecule has 21 heavy (non-hydrogen) atoms. The van der Waals surface area contributed by atoms with Crippen molar-refractivity contribution in [2.75, 3.05) is 11.9 Å². The number of benzene rings is 2. The predicted octanol–water partition coefficient (Wildman–Crippen LogP) is 1.54. The number of rotatable bonds is 5. The van der Waals surface area contributed by atoms with Crippen molar-refractivity contribution < 1.29 is 9.59 Å².